The molecule has 0 rings (SSSR count). The second-order valence-electron chi connectivity index (χ2n) is 3.34. The van der Waals surface area contributed by atoms with Crippen LogP contribution in [0.15, 0.2) is 0 Å². The highest BCUT2D eigenvalue weighted by Crippen LogP contribution is 2.08. The maximum absolute atomic E-state index is 3.39. The third kappa shape index (κ3) is 2.29. The molecule has 0 spiro atoms. The molecule has 0 aliphatic rings. The minimum Gasteiger partial charge on any atom is -0.294 e. The summed E-state index contributed by atoms with van der Waals surface area (Å²) in [6, 6.07) is 0. The van der Waals surface area contributed by atoms with Gasteiger partial charge in [0.25, 0.3) is 0 Å². The molecule has 74 valence electrons. The summed E-state index contributed by atoms with van der Waals surface area (Å²) in [4.78, 5) is 4.70. The van der Waals surface area contributed by atoms with Crippen LogP contribution in [0.5, 0.6) is 0 Å². The van der Waals surface area contributed by atoms with E-state index in [2.05, 4.69) is 43.1 Å². The highest BCUT2D eigenvalue weighted by atomic mass is 28.1. The normalized spacial score (nSPS) is 17.2. The van der Waals surface area contributed by atoms with Crippen molar-refractivity contribution >= 4 is 10.2 Å². The van der Waals surface area contributed by atoms with Gasteiger partial charge in [-0.05, 0) is 34.2 Å². The molecule has 0 aliphatic carbocycles. The Kier molecular flexibility index (Phi) is 5.00. The molecule has 1 N–H and O–H groups in total. The smallest absolute Gasteiger partial charge is 0.101 e. The highest BCUT2D eigenvalue weighted by molar-refractivity contribution is 6.14. The van der Waals surface area contributed by atoms with Crippen molar-refractivity contribution in [3.05, 3.63) is 0 Å². The van der Waals surface area contributed by atoms with Crippen LogP contribution in [-0.4, -0.2) is 59.7 Å². The van der Waals surface area contributed by atoms with E-state index in [-0.39, 0.29) is 5.41 Å². The average Bonchev–Trinajstić information content (AvgIpc) is 2.05. The van der Waals surface area contributed by atoms with E-state index in [4.69, 9.17) is 0 Å². The van der Waals surface area contributed by atoms with Gasteiger partial charge in [0.1, 0.15) is 5.41 Å². The quantitative estimate of drug-likeness (QED) is 0.446. The van der Waals surface area contributed by atoms with Gasteiger partial charge >= 0.3 is 0 Å². The van der Waals surface area contributed by atoms with Crippen LogP contribution in [0.1, 0.15) is 13.8 Å². The molecular weight excluding hydrogens is 166 g/mol. The summed E-state index contributed by atoms with van der Waals surface area (Å²) < 4.78 is 0. The lowest BCUT2D eigenvalue weighted by Crippen LogP contribution is -2.66. The zero-order valence-corrected chi connectivity index (χ0v) is 11.3. The lowest BCUT2D eigenvalue weighted by Gasteiger charge is -2.45. The Hall–Kier alpha value is 0.0969. The lowest BCUT2D eigenvalue weighted by molar-refractivity contribution is 0.0253. The Labute approximate surface area is 79.5 Å². The molecule has 0 heterocycles. The van der Waals surface area contributed by atoms with Crippen LogP contribution < -0.4 is 5.32 Å². The number of rotatable bonds is 5. The van der Waals surface area contributed by atoms with Gasteiger partial charge in [-0.3, -0.25) is 15.1 Å². The lowest BCUT2D eigenvalue weighted by atomic mass is 10.5. The van der Waals surface area contributed by atoms with Gasteiger partial charge in [0, 0.05) is 0 Å². The van der Waals surface area contributed by atoms with E-state index in [9.17, 15) is 0 Å². The summed E-state index contributed by atoms with van der Waals surface area (Å²) in [7, 11) is 7.38. The second kappa shape index (κ2) is 4.96. The molecule has 0 aromatic heterocycles. The topological polar surface area (TPSA) is 18.5 Å². The molecule has 0 aliphatic heterocycles. The molecular formula is C8H23N3Si. The predicted octanol–water partition coefficient (Wildman–Crippen LogP) is -0.914. The van der Waals surface area contributed by atoms with Crippen LogP contribution in [0.2, 0.25) is 0 Å². The first-order chi connectivity index (χ1) is 5.52. The van der Waals surface area contributed by atoms with Crippen molar-refractivity contribution in [1.82, 2.24) is 15.1 Å². The summed E-state index contributed by atoms with van der Waals surface area (Å²) in [5, 5.41) is 3.39. The van der Waals surface area contributed by atoms with Gasteiger partial charge in [-0.25, -0.2) is 0 Å². The van der Waals surface area contributed by atoms with Crippen LogP contribution in [-0.2, 0) is 0 Å². The van der Waals surface area contributed by atoms with Crippen molar-refractivity contribution in [2.24, 2.45) is 0 Å². The van der Waals surface area contributed by atoms with Crippen LogP contribution in [0.4, 0.5) is 0 Å². The Morgan fingerprint density at radius 3 is 1.75 bits per heavy atom. The molecule has 0 fully saturated rings. The van der Waals surface area contributed by atoms with Crippen LogP contribution >= 0.6 is 0 Å². The minimum absolute atomic E-state index is 0.115. The summed E-state index contributed by atoms with van der Waals surface area (Å²) in [5.74, 6) is 0. The molecule has 0 amide bonds. The van der Waals surface area contributed by atoms with E-state index in [0.717, 1.165) is 23.3 Å². The third-order valence-corrected chi connectivity index (χ3v) is 4.75. The van der Waals surface area contributed by atoms with Gasteiger partial charge in [-0.2, -0.15) is 0 Å². The SMILES string of the molecule is CCN(CC)C([SiH3])(NC)N(C)C. The number of hydrogen-bond acceptors (Lipinski definition) is 3. The first-order valence-corrected chi connectivity index (χ1v) is 5.64. The predicted molar refractivity (Wildman–Crippen MR) is 58.3 cm³/mol. The number of nitrogens with one attached hydrogen (secondary N) is 1. The monoisotopic (exact) mass is 189 g/mol. The third-order valence-electron chi connectivity index (χ3n) is 2.72. The molecule has 4 heteroatoms. The van der Waals surface area contributed by atoms with E-state index in [1.807, 2.05) is 7.05 Å². The van der Waals surface area contributed by atoms with E-state index in [0.29, 0.717) is 0 Å². The summed E-state index contributed by atoms with van der Waals surface area (Å²) in [6.45, 7) is 6.60. The minimum atomic E-state index is 0.115. The first-order valence-electron chi connectivity index (χ1n) is 4.64. The first kappa shape index (κ1) is 12.1. The van der Waals surface area contributed by atoms with Crippen molar-refractivity contribution in [2.45, 2.75) is 19.3 Å². The van der Waals surface area contributed by atoms with Gasteiger partial charge in [0.05, 0.1) is 10.2 Å². The van der Waals surface area contributed by atoms with Gasteiger partial charge < -0.3 is 0 Å². The maximum atomic E-state index is 3.39. The highest BCUT2D eigenvalue weighted by Gasteiger charge is 2.29. The largest absolute Gasteiger partial charge is 0.294 e. The average molecular weight is 189 g/mol. The molecule has 0 saturated carbocycles. The number of hydrogen-bond donors (Lipinski definition) is 1. The molecule has 1 atom stereocenters. The Morgan fingerprint density at radius 2 is 1.67 bits per heavy atom. The van der Waals surface area contributed by atoms with E-state index in [1.165, 1.54) is 0 Å². The van der Waals surface area contributed by atoms with Gasteiger partial charge in [0.15, 0.2) is 0 Å². The summed E-state index contributed by atoms with van der Waals surface area (Å²) in [6.07, 6.45) is 0. The molecule has 0 aromatic rings. The fourth-order valence-electron chi connectivity index (χ4n) is 1.50. The van der Waals surface area contributed by atoms with E-state index < -0.39 is 0 Å². The molecule has 3 nitrogen and oxygen atoms in total. The molecule has 0 bridgehead atoms. The summed E-state index contributed by atoms with van der Waals surface area (Å²) in [5.41, 5.74) is 0.115. The molecule has 0 saturated heterocycles. The summed E-state index contributed by atoms with van der Waals surface area (Å²) >= 11 is 0. The van der Waals surface area contributed by atoms with Gasteiger partial charge in [-0.1, -0.05) is 13.8 Å². The fraction of sp³-hybridized carbons (Fsp3) is 1.00. The maximum Gasteiger partial charge on any atom is 0.101 e. The van der Waals surface area contributed by atoms with Gasteiger partial charge in [0.2, 0.25) is 0 Å². The Morgan fingerprint density at radius 1 is 1.25 bits per heavy atom. The molecule has 0 aromatic carbocycles. The van der Waals surface area contributed by atoms with Crippen LogP contribution in [0, 0.1) is 0 Å². The van der Waals surface area contributed by atoms with Crippen molar-refractivity contribution in [2.75, 3.05) is 34.2 Å². The molecule has 12 heavy (non-hydrogen) atoms. The van der Waals surface area contributed by atoms with E-state index in [1.54, 1.807) is 0 Å². The van der Waals surface area contributed by atoms with Gasteiger partial charge in [-0.15, -0.1) is 0 Å². The number of nitrogens with zero attached hydrogens (tertiary/aromatic N) is 2. The van der Waals surface area contributed by atoms with Crippen LogP contribution in [0.3, 0.4) is 0 Å². The van der Waals surface area contributed by atoms with Crippen LogP contribution in [0.25, 0.3) is 0 Å². The Bertz CT molecular complexity index is 125. The standard InChI is InChI=1S/C8H23N3Si/c1-6-11(7-2)8(12,9-3)10(4)5/h9H,6-7H2,1-5,12H3. The second-order valence-corrected chi connectivity index (χ2v) is 4.73. The zero-order valence-electron chi connectivity index (χ0n) is 9.31. The van der Waals surface area contributed by atoms with E-state index >= 15 is 0 Å². The van der Waals surface area contributed by atoms with Crippen molar-refractivity contribution in [3.63, 3.8) is 0 Å². The molecule has 1 unspecified atom stereocenters. The van der Waals surface area contributed by atoms with Crippen molar-refractivity contribution < 1.29 is 0 Å². The fourth-order valence-corrected chi connectivity index (χ4v) is 2.14. The zero-order chi connectivity index (χ0) is 9.78. The Balaban J connectivity index is 4.47. The van der Waals surface area contributed by atoms with Crippen molar-refractivity contribution in [1.29, 1.82) is 0 Å². The molecule has 0 radical (unpaired) electrons. The van der Waals surface area contributed by atoms with Crippen molar-refractivity contribution in [3.8, 4) is 0 Å².